The highest BCUT2D eigenvalue weighted by molar-refractivity contribution is 5.82. The predicted octanol–water partition coefficient (Wildman–Crippen LogP) is 3.75. The Kier molecular flexibility index (Phi) is 6.75. The Labute approximate surface area is 200 Å². The Balaban J connectivity index is 1.60. The molecule has 12 heteroatoms. The summed E-state index contributed by atoms with van der Waals surface area (Å²) in [5.41, 5.74) is 1.44. The van der Waals surface area contributed by atoms with Crippen molar-refractivity contribution in [3.05, 3.63) is 36.8 Å². The number of rotatable bonds is 5. The standard InChI is InChI=1S/C23H26F3N7O2/c1-22(2,3)30-16-5-4-8-33(13-16)21-27-12-18(31-32-21)17-7-6-14(15-10-28-29-11-15)9-19(17)35-20(34)23(24,25)26/h6-7,9-12,16,30H,4-5,8,13H2,1-3H3,(H,28,29). The molecule has 0 radical (unpaired) electrons. The third-order valence-corrected chi connectivity index (χ3v) is 5.41. The number of piperidine rings is 1. The van der Waals surface area contributed by atoms with Crippen LogP contribution in [0.2, 0.25) is 0 Å². The van der Waals surface area contributed by atoms with Crippen molar-refractivity contribution in [3.8, 4) is 28.1 Å². The van der Waals surface area contributed by atoms with Crippen molar-refractivity contribution < 1.29 is 22.7 Å². The lowest BCUT2D eigenvalue weighted by molar-refractivity contribution is -0.189. The van der Waals surface area contributed by atoms with Gasteiger partial charge in [0.1, 0.15) is 11.4 Å². The summed E-state index contributed by atoms with van der Waals surface area (Å²) in [5, 5.41) is 18.4. The van der Waals surface area contributed by atoms with E-state index in [1.54, 1.807) is 12.3 Å². The highest BCUT2D eigenvalue weighted by Gasteiger charge is 2.42. The molecule has 1 saturated heterocycles. The molecule has 2 N–H and O–H groups in total. The fraction of sp³-hybridized carbons (Fsp3) is 0.435. The molecule has 0 aliphatic carbocycles. The summed E-state index contributed by atoms with van der Waals surface area (Å²) in [4.78, 5) is 18.0. The Morgan fingerprint density at radius 3 is 2.60 bits per heavy atom. The number of carbonyl (C=O) groups excluding carboxylic acids is 1. The van der Waals surface area contributed by atoms with Gasteiger partial charge in [0.25, 0.3) is 0 Å². The van der Waals surface area contributed by atoms with E-state index >= 15 is 0 Å². The molecule has 0 spiro atoms. The molecule has 2 aromatic heterocycles. The first-order valence-corrected chi connectivity index (χ1v) is 11.1. The summed E-state index contributed by atoms with van der Waals surface area (Å²) in [7, 11) is 0. The molecule has 4 rings (SSSR count). The molecule has 0 saturated carbocycles. The van der Waals surface area contributed by atoms with E-state index in [2.05, 4.69) is 51.5 Å². The van der Waals surface area contributed by atoms with Crippen LogP contribution in [0.3, 0.4) is 0 Å². The number of benzene rings is 1. The summed E-state index contributed by atoms with van der Waals surface area (Å²) in [6.07, 6.45) is 1.34. The van der Waals surface area contributed by atoms with Crippen LogP contribution in [0.5, 0.6) is 5.75 Å². The van der Waals surface area contributed by atoms with Crippen molar-refractivity contribution in [1.82, 2.24) is 30.7 Å². The fourth-order valence-corrected chi connectivity index (χ4v) is 3.99. The number of nitrogens with one attached hydrogen (secondary N) is 2. The lowest BCUT2D eigenvalue weighted by Gasteiger charge is -2.36. The molecule has 1 unspecified atom stereocenters. The van der Waals surface area contributed by atoms with Gasteiger partial charge in [0.05, 0.1) is 12.4 Å². The molecule has 0 bridgehead atoms. The van der Waals surface area contributed by atoms with Crippen LogP contribution in [-0.2, 0) is 4.79 Å². The quantitative estimate of drug-likeness (QED) is 0.412. The smallest absolute Gasteiger partial charge is 0.419 e. The first-order chi connectivity index (χ1) is 16.5. The normalized spacial score (nSPS) is 16.9. The predicted molar refractivity (Wildman–Crippen MR) is 123 cm³/mol. The van der Waals surface area contributed by atoms with Crippen LogP contribution >= 0.6 is 0 Å². The lowest BCUT2D eigenvalue weighted by Crippen LogP contribution is -2.52. The van der Waals surface area contributed by atoms with E-state index in [0.29, 0.717) is 23.6 Å². The first kappa shape index (κ1) is 24.6. The number of hydrogen-bond acceptors (Lipinski definition) is 8. The molecule has 0 amide bonds. The van der Waals surface area contributed by atoms with E-state index in [0.717, 1.165) is 19.4 Å². The summed E-state index contributed by atoms with van der Waals surface area (Å²) >= 11 is 0. The molecule has 1 aliphatic heterocycles. The summed E-state index contributed by atoms with van der Waals surface area (Å²) < 4.78 is 43.4. The number of halogens is 3. The minimum atomic E-state index is -5.15. The molecule has 35 heavy (non-hydrogen) atoms. The van der Waals surface area contributed by atoms with Crippen LogP contribution in [0.4, 0.5) is 19.1 Å². The summed E-state index contributed by atoms with van der Waals surface area (Å²) in [5.74, 6) is -2.20. The molecule has 3 aromatic rings. The SMILES string of the molecule is CC(C)(C)NC1CCCN(c2ncc(-c3ccc(-c4cn[nH]c4)cc3OC(=O)C(F)(F)F)nn2)C1. The Hall–Kier alpha value is -3.54. The van der Waals surface area contributed by atoms with Crippen LogP contribution in [-0.4, -0.2) is 62.2 Å². The van der Waals surface area contributed by atoms with E-state index in [9.17, 15) is 18.0 Å². The van der Waals surface area contributed by atoms with Crippen molar-refractivity contribution in [1.29, 1.82) is 0 Å². The number of esters is 1. The van der Waals surface area contributed by atoms with Gasteiger partial charge >= 0.3 is 12.1 Å². The van der Waals surface area contributed by atoms with Gasteiger partial charge in [-0.1, -0.05) is 6.07 Å². The van der Waals surface area contributed by atoms with Gasteiger partial charge in [-0.15, -0.1) is 10.2 Å². The van der Waals surface area contributed by atoms with Gasteiger partial charge < -0.3 is 15.0 Å². The molecule has 186 valence electrons. The number of anilines is 1. The van der Waals surface area contributed by atoms with E-state index in [-0.39, 0.29) is 28.6 Å². The molecule has 9 nitrogen and oxygen atoms in total. The fourth-order valence-electron chi connectivity index (χ4n) is 3.99. The largest absolute Gasteiger partial charge is 0.491 e. The van der Waals surface area contributed by atoms with E-state index < -0.39 is 12.1 Å². The van der Waals surface area contributed by atoms with Crippen LogP contribution < -0.4 is 15.0 Å². The van der Waals surface area contributed by atoms with Crippen molar-refractivity contribution in [2.75, 3.05) is 18.0 Å². The Morgan fingerprint density at radius 1 is 1.17 bits per heavy atom. The summed E-state index contributed by atoms with van der Waals surface area (Å²) in [6.45, 7) is 7.82. The van der Waals surface area contributed by atoms with Crippen molar-refractivity contribution in [2.24, 2.45) is 0 Å². The highest BCUT2D eigenvalue weighted by Crippen LogP contribution is 2.34. The molecule has 1 aromatic carbocycles. The lowest BCUT2D eigenvalue weighted by atomic mass is 10.0. The average molecular weight is 490 g/mol. The number of aromatic amines is 1. The topological polar surface area (TPSA) is 109 Å². The molecule has 3 heterocycles. The number of H-pyrrole nitrogens is 1. The second-order valence-electron chi connectivity index (χ2n) is 9.41. The summed E-state index contributed by atoms with van der Waals surface area (Å²) in [6, 6.07) is 4.77. The number of nitrogens with zero attached hydrogens (tertiary/aromatic N) is 5. The van der Waals surface area contributed by atoms with Gasteiger partial charge in [0.15, 0.2) is 0 Å². The third-order valence-electron chi connectivity index (χ3n) is 5.41. The maximum Gasteiger partial charge on any atom is 0.491 e. The number of ether oxygens (including phenoxy) is 1. The average Bonchev–Trinajstić information content (AvgIpc) is 3.33. The van der Waals surface area contributed by atoms with Crippen LogP contribution in [0, 0.1) is 0 Å². The van der Waals surface area contributed by atoms with Gasteiger partial charge in [0, 0.05) is 42.0 Å². The Morgan fingerprint density at radius 2 is 1.97 bits per heavy atom. The molecular formula is C23H26F3N7O2. The maximum atomic E-state index is 12.9. The van der Waals surface area contributed by atoms with Gasteiger partial charge in [-0.05, 0) is 51.3 Å². The zero-order valence-corrected chi connectivity index (χ0v) is 19.6. The number of hydrogen-bond donors (Lipinski definition) is 2. The van der Waals surface area contributed by atoms with Gasteiger partial charge in [0.2, 0.25) is 5.95 Å². The van der Waals surface area contributed by atoms with Gasteiger partial charge in [-0.3, -0.25) is 5.10 Å². The minimum absolute atomic E-state index is 0.0243. The number of alkyl halides is 3. The van der Waals surface area contributed by atoms with E-state index in [1.165, 1.54) is 24.5 Å². The second kappa shape index (κ2) is 9.61. The van der Waals surface area contributed by atoms with E-state index in [4.69, 9.17) is 4.74 Å². The van der Waals surface area contributed by atoms with Crippen LogP contribution in [0.15, 0.2) is 36.8 Å². The Bertz CT molecular complexity index is 1160. The number of carbonyl (C=O) groups is 1. The monoisotopic (exact) mass is 489 g/mol. The first-order valence-electron chi connectivity index (χ1n) is 11.1. The third kappa shape index (κ3) is 6.13. The van der Waals surface area contributed by atoms with Crippen LogP contribution in [0.1, 0.15) is 33.6 Å². The van der Waals surface area contributed by atoms with Crippen molar-refractivity contribution in [3.63, 3.8) is 0 Å². The minimum Gasteiger partial charge on any atom is -0.419 e. The van der Waals surface area contributed by atoms with E-state index in [1.807, 2.05) is 4.90 Å². The van der Waals surface area contributed by atoms with Gasteiger partial charge in [-0.25, -0.2) is 9.78 Å². The highest BCUT2D eigenvalue weighted by atomic mass is 19.4. The van der Waals surface area contributed by atoms with Crippen molar-refractivity contribution >= 4 is 11.9 Å². The second-order valence-corrected chi connectivity index (χ2v) is 9.41. The van der Waals surface area contributed by atoms with Crippen molar-refractivity contribution in [2.45, 2.75) is 51.4 Å². The number of aromatic nitrogens is 5. The molecule has 1 aliphatic rings. The molecule has 1 fully saturated rings. The maximum absolute atomic E-state index is 12.9. The molecule has 1 atom stereocenters. The molecular weight excluding hydrogens is 463 g/mol. The van der Waals surface area contributed by atoms with Crippen LogP contribution in [0.25, 0.3) is 22.4 Å². The zero-order chi connectivity index (χ0) is 25.2. The zero-order valence-electron chi connectivity index (χ0n) is 19.6. The van der Waals surface area contributed by atoms with Gasteiger partial charge in [-0.2, -0.15) is 18.3 Å².